The van der Waals surface area contributed by atoms with Gasteiger partial charge in [-0.1, -0.05) is 30.3 Å². The van der Waals surface area contributed by atoms with Crippen LogP contribution in [0.1, 0.15) is 43.6 Å². The predicted octanol–water partition coefficient (Wildman–Crippen LogP) is 3.01. The molecule has 20 heavy (non-hydrogen) atoms. The van der Waals surface area contributed by atoms with Crippen molar-refractivity contribution in [3.8, 4) is 0 Å². The van der Waals surface area contributed by atoms with Crippen LogP contribution in [0.25, 0.3) is 0 Å². The molecule has 2 aliphatic carbocycles. The molecular formula is C18H26N2. The zero-order valence-electron chi connectivity index (χ0n) is 12.3. The SMILES string of the molecule is c1ccc(C2CC(NCC3CCN(C4CC4)C3)C2)cc1. The van der Waals surface area contributed by atoms with Gasteiger partial charge in [0.25, 0.3) is 0 Å². The lowest BCUT2D eigenvalue weighted by Gasteiger charge is -2.37. The van der Waals surface area contributed by atoms with Gasteiger partial charge in [0.05, 0.1) is 0 Å². The Kier molecular flexibility index (Phi) is 3.53. The summed E-state index contributed by atoms with van der Waals surface area (Å²) in [4.78, 5) is 2.72. The maximum Gasteiger partial charge on any atom is 0.00965 e. The van der Waals surface area contributed by atoms with E-state index in [2.05, 4.69) is 40.5 Å². The molecule has 0 radical (unpaired) electrons. The fraction of sp³-hybridized carbons (Fsp3) is 0.667. The van der Waals surface area contributed by atoms with Gasteiger partial charge in [0.2, 0.25) is 0 Å². The molecule has 1 N–H and O–H groups in total. The summed E-state index contributed by atoms with van der Waals surface area (Å²) in [6.07, 6.45) is 7.01. The summed E-state index contributed by atoms with van der Waals surface area (Å²) in [6, 6.07) is 12.8. The summed E-state index contributed by atoms with van der Waals surface area (Å²) in [7, 11) is 0. The van der Waals surface area contributed by atoms with Gasteiger partial charge in [-0.05, 0) is 62.6 Å². The number of nitrogens with zero attached hydrogens (tertiary/aromatic N) is 1. The molecule has 1 atom stereocenters. The Bertz CT molecular complexity index is 434. The maximum atomic E-state index is 3.81. The molecular weight excluding hydrogens is 244 g/mol. The van der Waals surface area contributed by atoms with E-state index in [-0.39, 0.29) is 0 Å². The monoisotopic (exact) mass is 270 g/mol. The van der Waals surface area contributed by atoms with Crippen molar-refractivity contribution in [1.29, 1.82) is 0 Å². The summed E-state index contributed by atoms with van der Waals surface area (Å²) in [5.74, 6) is 1.71. The molecule has 2 saturated carbocycles. The van der Waals surface area contributed by atoms with Crippen LogP contribution in [0.2, 0.25) is 0 Å². The molecule has 1 aromatic carbocycles. The highest BCUT2D eigenvalue weighted by atomic mass is 15.2. The first kappa shape index (κ1) is 12.8. The smallest absolute Gasteiger partial charge is 0.00965 e. The van der Waals surface area contributed by atoms with E-state index in [1.807, 2.05) is 0 Å². The van der Waals surface area contributed by atoms with E-state index >= 15 is 0 Å². The van der Waals surface area contributed by atoms with Crippen LogP contribution in [0.5, 0.6) is 0 Å². The molecule has 108 valence electrons. The number of likely N-dealkylation sites (tertiary alicyclic amines) is 1. The van der Waals surface area contributed by atoms with Crippen molar-refractivity contribution in [2.45, 2.75) is 50.1 Å². The van der Waals surface area contributed by atoms with Crippen LogP contribution in [-0.2, 0) is 0 Å². The molecule has 0 aromatic heterocycles. The zero-order valence-corrected chi connectivity index (χ0v) is 12.3. The van der Waals surface area contributed by atoms with Crippen molar-refractivity contribution in [3.05, 3.63) is 35.9 Å². The van der Waals surface area contributed by atoms with E-state index in [1.54, 1.807) is 0 Å². The second kappa shape index (κ2) is 5.50. The second-order valence-electron chi connectivity index (χ2n) is 7.06. The summed E-state index contributed by atoms with van der Waals surface area (Å²) in [5, 5.41) is 3.81. The van der Waals surface area contributed by atoms with Crippen LogP contribution in [0, 0.1) is 5.92 Å². The number of hydrogen-bond donors (Lipinski definition) is 1. The molecule has 3 fully saturated rings. The predicted molar refractivity (Wildman–Crippen MR) is 82.9 cm³/mol. The molecule has 2 nitrogen and oxygen atoms in total. The lowest BCUT2D eigenvalue weighted by atomic mass is 9.76. The average molecular weight is 270 g/mol. The molecule has 3 aliphatic rings. The minimum absolute atomic E-state index is 0.773. The van der Waals surface area contributed by atoms with Gasteiger partial charge in [0.1, 0.15) is 0 Å². The topological polar surface area (TPSA) is 15.3 Å². The third kappa shape index (κ3) is 2.77. The first-order chi connectivity index (χ1) is 9.88. The zero-order chi connectivity index (χ0) is 13.4. The van der Waals surface area contributed by atoms with E-state index in [4.69, 9.17) is 0 Å². The molecule has 0 spiro atoms. The Hall–Kier alpha value is -0.860. The Labute approximate surface area is 122 Å². The van der Waals surface area contributed by atoms with Gasteiger partial charge in [-0.2, -0.15) is 0 Å². The van der Waals surface area contributed by atoms with E-state index in [0.717, 1.165) is 23.9 Å². The van der Waals surface area contributed by atoms with Gasteiger partial charge in [-0.15, -0.1) is 0 Å². The highest BCUT2D eigenvalue weighted by Crippen LogP contribution is 2.37. The Morgan fingerprint density at radius 2 is 1.85 bits per heavy atom. The number of nitrogens with one attached hydrogen (secondary N) is 1. The molecule has 1 unspecified atom stereocenters. The van der Waals surface area contributed by atoms with Crippen molar-refractivity contribution < 1.29 is 0 Å². The minimum atomic E-state index is 0.773. The third-order valence-electron chi connectivity index (χ3n) is 5.48. The quantitative estimate of drug-likeness (QED) is 0.885. The lowest BCUT2D eigenvalue weighted by Crippen LogP contribution is -2.42. The van der Waals surface area contributed by atoms with Crippen molar-refractivity contribution in [1.82, 2.24) is 10.2 Å². The van der Waals surface area contributed by atoms with E-state index in [9.17, 15) is 0 Å². The van der Waals surface area contributed by atoms with Gasteiger partial charge >= 0.3 is 0 Å². The highest BCUT2D eigenvalue weighted by Gasteiger charge is 2.35. The second-order valence-corrected chi connectivity index (χ2v) is 7.06. The number of rotatable bonds is 5. The van der Waals surface area contributed by atoms with E-state index in [1.165, 1.54) is 57.3 Å². The van der Waals surface area contributed by atoms with Gasteiger partial charge in [0, 0.05) is 18.6 Å². The molecule has 2 heteroatoms. The highest BCUT2D eigenvalue weighted by molar-refractivity contribution is 5.22. The fourth-order valence-corrected chi connectivity index (χ4v) is 3.92. The Morgan fingerprint density at radius 3 is 2.60 bits per heavy atom. The fourth-order valence-electron chi connectivity index (χ4n) is 3.92. The Balaban J connectivity index is 1.17. The first-order valence-corrected chi connectivity index (χ1v) is 8.41. The molecule has 1 heterocycles. The summed E-state index contributed by atoms with van der Waals surface area (Å²) in [5.41, 5.74) is 1.53. The minimum Gasteiger partial charge on any atom is -0.314 e. The molecule has 1 saturated heterocycles. The van der Waals surface area contributed by atoms with Crippen LogP contribution in [0.4, 0.5) is 0 Å². The largest absolute Gasteiger partial charge is 0.314 e. The van der Waals surface area contributed by atoms with E-state index < -0.39 is 0 Å². The van der Waals surface area contributed by atoms with Gasteiger partial charge in [-0.25, -0.2) is 0 Å². The van der Waals surface area contributed by atoms with Crippen molar-refractivity contribution in [2.24, 2.45) is 5.92 Å². The van der Waals surface area contributed by atoms with E-state index in [0.29, 0.717) is 0 Å². The van der Waals surface area contributed by atoms with Crippen molar-refractivity contribution in [3.63, 3.8) is 0 Å². The molecule has 0 bridgehead atoms. The molecule has 1 aliphatic heterocycles. The normalized spacial score (nSPS) is 34.1. The molecule has 1 aromatic rings. The number of benzene rings is 1. The molecule has 4 rings (SSSR count). The summed E-state index contributed by atoms with van der Waals surface area (Å²) >= 11 is 0. The Morgan fingerprint density at radius 1 is 1.05 bits per heavy atom. The number of hydrogen-bond acceptors (Lipinski definition) is 2. The van der Waals surface area contributed by atoms with Crippen LogP contribution < -0.4 is 5.32 Å². The summed E-state index contributed by atoms with van der Waals surface area (Å²) < 4.78 is 0. The third-order valence-corrected chi connectivity index (χ3v) is 5.48. The van der Waals surface area contributed by atoms with Crippen molar-refractivity contribution in [2.75, 3.05) is 19.6 Å². The van der Waals surface area contributed by atoms with Crippen LogP contribution >= 0.6 is 0 Å². The first-order valence-electron chi connectivity index (χ1n) is 8.41. The van der Waals surface area contributed by atoms with Crippen molar-refractivity contribution >= 4 is 0 Å². The average Bonchev–Trinajstić information content (AvgIpc) is 3.18. The van der Waals surface area contributed by atoms with Crippen LogP contribution in [-0.4, -0.2) is 36.6 Å². The van der Waals surface area contributed by atoms with Gasteiger partial charge < -0.3 is 10.2 Å². The van der Waals surface area contributed by atoms with Gasteiger partial charge in [-0.3, -0.25) is 0 Å². The van der Waals surface area contributed by atoms with Crippen LogP contribution in [0.15, 0.2) is 30.3 Å². The molecule has 0 amide bonds. The standard InChI is InChI=1S/C18H26N2/c1-2-4-15(5-3-1)16-10-17(11-16)19-12-14-8-9-20(13-14)18-6-7-18/h1-5,14,16-19H,6-13H2. The van der Waals surface area contributed by atoms with Gasteiger partial charge in [0.15, 0.2) is 0 Å². The maximum absolute atomic E-state index is 3.81. The summed E-state index contributed by atoms with van der Waals surface area (Å²) in [6.45, 7) is 3.95. The van der Waals surface area contributed by atoms with Crippen LogP contribution in [0.3, 0.4) is 0 Å². The lowest BCUT2D eigenvalue weighted by molar-refractivity contribution is 0.268.